The molecule has 0 amide bonds. The van der Waals surface area contributed by atoms with Crippen LogP contribution in [0, 0.1) is 0 Å². The molecule has 3 aromatic heterocycles. The lowest BCUT2D eigenvalue weighted by atomic mass is 9.98. The first-order valence-corrected chi connectivity index (χ1v) is 11.6. The number of anilines is 2. The van der Waals surface area contributed by atoms with E-state index >= 15 is 0 Å². The van der Waals surface area contributed by atoms with E-state index in [1.54, 1.807) is 12.4 Å². The summed E-state index contributed by atoms with van der Waals surface area (Å²) in [5.74, 6) is 1.18. The zero-order valence-corrected chi connectivity index (χ0v) is 19.5. The van der Waals surface area contributed by atoms with E-state index < -0.39 is 0 Å². The van der Waals surface area contributed by atoms with Crippen molar-refractivity contribution in [2.24, 2.45) is 0 Å². The quantitative estimate of drug-likeness (QED) is 0.264. The third-order valence-electron chi connectivity index (χ3n) is 6.07. The van der Waals surface area contributed by atoms with Crippen LogP contribution in [0.1, 0.15) is 6.42 Å². The molecule has 170 valence electrons. The number of nitrogens with one attached hydrogen (secondary N) is 3. The van der Waals surface area contributed by atoms with Crippen LogP contribution in [0.4, 0.5) is 11.5 Å². The van der Waals surface area contributed by atoms with Crippen molar-refractivity contribution in [1.82, 2.24) is 25.1 Å². The molecule has 1 saturated heterocycles. The number of hydrogen-bond acceptors (Lipinski definition) is 7. The molecule has 1 aliphatic heterocycles. The molecule has 9 nitrogen and oxygen atoms in total. The predicted octanol–water partition coefficient (Wildman–Crippen LogP) is 4.07. The van der Waals surface area contributed by atoms with Gasteiger partial charge in [0.05, 0.1) is 41.0 Å². The number of aromatic amines is 2. The van der Waals surface area contributed by atoms with Crippen LogP contribution >= 0.6 is 15.9 Å². The van der Waals surface area contributed by atoms with Crippen LogP contribution in [0.3, 0.4) is 0 Å². The first-order valence-electron chi connectivity index (χ1n) is 10.8. The Morgan fingerprint density at radius 1 is 1.18 bits per heavy atom. The van der Waals surface area contributed by atoms with E-state index in [0.29, 0.717) is 39.1 Å². The van der Waals surface area contributed by atoms with E-state index in [-0.39, 0.29) is 11.6 Å². The summed E-state index contributed by atoms with van der Waals surface area (Å²) in [7, 11) is 0. The molecule has 34 heavy (non-hydrogen) atoms. The van der Waals surface area contributed by atoms with Crippen molar-refractivity contribution in [1.29, 1.82) is 0 Å². The molecule has 6 rings (SSSR count). The van der Waals surface area contributed by atoms with Crippen molar-refractivity contribution >= 4 is 49.2 Å². The highest BCUT2D eigenvalue weighted by Gasteiger charge is 2.19. The molecular formula is C24H20BrN7O2. The maximum Gasteiger partial charge on any atom is 0.261 e. The number of fused-ring (bicyclic) bond motifs is 2. The van der Waals surface area contributed by atoms with Gasteiger partial charge in [-0.05, 0) is 52.2 Å². The van der Waals surface area contributed by atoms with Crippen molar-refractivity contribution in [3.8, 4) is 22.5 Å². The summed E-state index contributed by atoms with van der Waals surface area (Å²) in [5.41, 5.74) is 10.3. The number of ether oxygens (including phenoxy) is 1. The lowest BCUT2D eigenvalue weighted by Crippen LogP contribution is -2.19. The Kier molecular flexibility index (Phi) is 5.04. The zero-order valence-electron chi connectivity index (χ0n) is 17.9. The molecule has 0 saturated carbocycles. The summed E-state index contributed by atoms with van der Waals surface area (Å²) in [6.45, 7) is 1.43. The Labute approximate surface area is 201 Å². The predicted molar refractivity (Wildman–Crippen MR) is 136 cm³/mol. The van der Waals surface area contributed by atoms with Crippen molar-refractivity contribution in [3.05, 3.63) is 63.6 Å². The average Bonchev–Trinajstić information content (AvgIpc) is 3.53. The number of benzene rings is 2. The van der Waals surface area contributed by atoms with Crippen molar-refractivity contribution < 1.29 is 4.74 Å². The fraction of sp³-hybridized carbons (Fsp3) is 0.167. The van der Waals surface area contributed by atoms with Gasteiger partial charge in [0, 0.05) is 33.8 Å². The number of halogens is 1. The standard InChI is InChI=1S/C24H20BrN7O2/c25-17-8-15(14-2-1-3-18-16(14)10-28-32-18)21(26)20-22(17)30-23(31-24(20)33)12-4-5-19(27-9-12)29-13-6-7-34-11-13/h1-5,8-10,13H,6-7,11,26H2,(H,27,29)(H,28,32)(H,30,31,33). The number of pyridine rings is 1. The van der Waals surface area contributed by atoms with E-state index in [1.165, 1.54) is 0 Å². The number of nitrogens with zero attached hydrogens (tertiary/aromatic N) is 3. The fourth-order valence-electron chi connectivity index (χ4n) is 4.34. The van der Waals surface area contributed by atoms with Crippen LogP contribution in [0.5, 0.6) is 0 Å². The van der Waals surface area contributed by atoms with Gasteiger partial charge >= 0.3 is 0 Å². The van der Waals surface area contributed by atoms with E-state index in [4.69, 9.17) is 15.5 Å². The highest BCUT2D eigenvalue weighted by atomic mass is 79.9. The summed E-state index contributed by atoms with van der Waals surface area (Å²) in [6, 6.07) is 11.7. The number of nitrogens with two attached hydrogens (primary N) is 1. The molecule has 0 radical (unpaired) electrons. The zero-order chi connectivity index (χ0) is 23.2. The third kappa shape index (κ3) is 3.51. The Bertz CT molecular complexity index is 1590. The fourth-order valence-corrected chi connectivity index (χ4v) is 4.86. The molecule has 1 aliphatic rings. The van der Waals surface area contributed by atoms with Crippen LogP contribution < -0.4 is 16.6 Å². The molecule has 2 aromatic carbocycles. The van der Waals surface area contributed by atoms with Gasteiger partial charge < -0.3 is 20.8 Å². The summed E-state index contributed by atoms with van der Waals surface area (Å²) in [5, 5.41) is 11.7. The van der Waals surface area contributed by atoms with Gasteiger partial charge in [0.25, 0.3) is 5.56 Å². The van der Waals surface area contributed by atoms with E-state index in [9.17, 15) is 4.79 Å². The van der Waals surface area contributed by atoms with Gasteiger partial charge in [-0.1, -0.05) is 12.1 Å². The maximum atomic E-state index is 13.2. The molecular weight excluding hydrogens is 498 g/mol. The van der Waals surface area contributed by atoms with Crippen LogP contribution in [0.15, 0.2) is 58.1 Å². The molecule has 1 atom stereocenters. The molecule has 1 unspecified atom stereocenters. The van der Waals surface area contributed by atoms with E-state index in [1.807, 2.05) is 36.4 Å². The first-order chi connectivity index (χ1) is 16.6. The number of nitrogen functional groups attached to an aromatic ring is 1. The summed E-state index contributed by atoms with van der Waals surface area (Å²) < 4.78 is 6.06. The summed E-state index contributed by atoms with van der Waals surface area (Å²) >= 11 is 3.60. The van der Waals surface area contributed by atoms with Gasteiger partial charge in [-0.25, -0.2) is 9.97 Å². The van der Waals surface area contributed by atoms with Gasteiger partial charge in [0.2, 0.25) is 0 Å². The van der Waals surface area contributed by atoms with Gasteiger partial charge in [-0.15, -0.1) is 0 Å². The Hall–Kier alpha value is -3.76. The van der Waals surface area contributed by atoms with E-state index in [0.717, 1.165) is 40.9 Å². The highest BCUT2D eigenvalue weighted by Crippen LogP contribution is 2.38. The lowest BCUT2D eigenvalue weighted by molar-refractivity contribution is 0.195. The first kappa shape index (κ1) is 20.8. The molecule has 10 heteroatoms. The molecule has 5 aromatic rings. The van der Waals surface area contributed by atoms with Crippen LogP contribution in [-0.4, -0.2) is 44.4 Å². The number of rotatable bonds is 4. The van der Waals surface area contributed by atoms with Gasteiger partial charge in [0.15, 0.2) is 0 Å². The second-order valence-electron chi connectivity index (χ2n) is 8.23. The van der Waals surface area contributed by atoms with Crippen molar-refractivity contribution in [2.45, 2.75) is 12.5 Å². The Morgan fingerprint density at radius 2 is 2.09 bits per heavy atom. The minimum atomic E-state index is -0.315. The molecule has 5 N–H and O–H groups in total. The van der Waals surface area contributed by atoms with Crippen LogP contribution in [0.2, 0.25) is 0 Å². The Balaban J connectivity index is 1.42. The van der Waals surface area contributed by atoms with Crippen molar-refractivity contribution in [3.63, 3.8) is 0 Å². The molecule has 0 spiro atoms. The van der Waals surface area contributed by atoms with Gasteiger partial charge in [-0.3, -0.25) is 9.89 Å². The van der Waals surface area contributed by atoms with E-state index in [2.05, 4.69) is 41.4 Å². The average molecular weight is 518 g/mol. The highest BCUT2D eigenvalue weighted by molar-refractivity contribution is 9.10. The SMILES string of the molecule is Nc1c(-c2cccc3[nH]ncc23)cc(Br)c2nc(-c3ccc(NC4CCOC4)nc3)[nH]c(=O)c12. The smallest absolute Gasteiger partial charge is 0.261 e. The minimum Gasteiger partial charge on any atom is -0.398 e. The normalized spacial score (nSPS) is 15.9. The second kappa shape index (κ2) is 8.23. The third-order valence-corrected chi connectivity index (χ3v) is 6.67. The van der Waals surface area contributed by atoms with Crippen LogP contribution in [0.25, 0.3) is 44.3 Å². The van der Waals surface area contributed by atoms with Gasteiger partial charge in [0.1, 0.15) is 11.6 Å². The molecule has 4 heterocycles. The number of aromatic nitrogens is 5. The van der Waals surface area contributed by atoms with Crippen molar-refractivity contribution in [2.75, 3.05) is 24.3 Å². The molecule has 0 bridgehead atoms. The number of hydrogen-bond donors (Lipinski definition) is 4. The second-order valence-corrected chi connectivity index (χ2v) is 9.09. The van der Waals surface area contributed by atoms with Crippen LogP contribution in [-0.2, 0) is 4.74 Å². The monoisotopic (exact) mass is 517 g/mol. The largest absolute Gasteiger partial charge is 0.398 e. The molecule has 0 aliphatic carbocycles. The Morgan fingerprint density at radius 3 is 2.88 bits per heavy atom. The number of H-pyrrole nitrogens is 2. The molecule has 1 fully saturated rings. The lowest BCUT2D eigenvalue weighted by Gasteiger charge is -2.13. The van der Waals surface area contributed by atoms with Gasteiger partial charge in [-0.2, -0.15) is 5.10 Å². The minimum absolute atomic E-state index is 0.262. The topological polar surface area (TPSA) is 135 Å². The maximum absolute atomic E-state index is 13.2. The summed E-state index contributed by atoms with van der Waals surface area (Å²) in [6.07, 6.45) is 4.39. The summed E-state index contributed by atoms with van der Waals surface area (Å²) in [4.78, 5) is 25.2.